The molecule has 2 heterocycles. The summed E-state index contributed by atoms with van der Waals surface area (Å²) in [6.45, 7) is 2.12. The van der Waals surface area contributed by atoms with Crippen molar-refractivity contribution < 1.29 is 9.47 Å². The van der Waals surface area contributed by atoms with Gasteiger partial charge in [0.2, 0.25) is 0 Å². The Bertz CT molecular complexity index is 644. The van der Waals surface area contributed by atoms with Crippen molar-refractivity contribution in [2.24, 2.45) is 0 Å². The molecule has 0 radical (unpaired) electrons. The quantitative estimate of drug-likeness (QED) is 0.854. The van der Waals surface area contributed by atoms with Crippen LogP contribution in [0.1, 0.15) is 30.2 Å². The topological polar surface area (TPSA) is 30.5 Å². The summed E-state index contributed by atoms with van der Waals surface area (Å²) in [5.41, 5.74) is 4.96. The van der Waals surface area contributed by atoms with Crippen LogP contribution in [0.5, 0.6) is 0 Å². The monoisotopic (exact) mass is 281 g/mol. The van der Waals surface area contributed by atoms with Crippen molar-refractivity contribution in [1.29, 1.82) is 0 Å². The highest BCUT2D eigenvalue weighted by Gasteiger charge is 2.36. The second-order valence-corrected chi connectivity index (χ2v) is 5.78. The molecule has 108 valence electrons. The number of fused-ring (bicyclic) bond motifs is 3. The van der Waals surface area contributed by atoms with E-state index in [1.165, 1.54) is 22.3 Å². The lowest BCUT2D eigenvalue weighted by atomic mass is 9.83. The largest absolute Gasteiger partial charge is 0.493 e. The van der Waals surface area contributed by atoms with E-state index in [2.05, 4.69) is 48.8 Å². The van der Waals surface area contributed by atoms with Crippen LogP contribution in [0.4, 0.5) is 0 Å². The second-order valence-electron chi connectivity index (χ2n) is 5.78. The van der Waals surface area contributed by atoms with Gasteiger partial charge in [-0.1, -0.05) is 30.3 Å². The first-order valence-corrected chi connectivity index (χ1v) is 7.52. The van der Waals surface area contributed by atoms with Crippen LogP contribution in [-0.4, -0.2) is 12.2 Å². The molecule has 0 aromatic heterocycles. The van der Waals surface area contributed by atoms with Crippen molar-refractivity contribution in [1.82, 2.24) is 5.32 Å². The molecule has 1 N–H and O–H groups in total. The molecule has 3 aliphatic rings. The van der Waals surface area contributed by atoms with Crippen LogP contribution in [-0.2, 0) is 9.47 Å². The highest BCUT2D eigenvalue weighted by molar-refractivity contribution is 5.44. The van der Waals surface area contributed by atoms with Crippen LogP contribution in [0, 0.1) is 6.92 Å². The zero-order valence-corrected chi connectivity index (χ0v) is 12.1. The zero-order valence-electron chi connectivity index (χ0n) is 12.1. The maximum atomic E-state index is 6.31. The van der Waals surface area contributed by atoms with Gasteiger partial charge in [-0.3, -0.25) is 0 Å². The Balaban J connectivity index is 1.63. The molecule has 1 aliphatic carbocycles. The second kappa shape index (κ2) is 5.08. The lowest BCUT2D eigenvalue weighted by Crippen LogP contribution is -2.39. The van der Waals surface area contributed by atoms with E-state index in [-0.39, 0.29) is 18.4 Å². The minimum atomic E-state index is -0.0582. The van der Waals surface area contributed by atoms with Crippen LogP contribution in [0.15, 0.2) is 60.0 Å². The first kappa shape index (κ1) is 12.7. The SMILES string of the molecule is Cc1ccccc1C1NC=C2C3=CC=COC3CCC2O1. The molecule has 21 heavy (non-hydrogen) atoms. The first-order valence-electron chi connectivity index (χ1n) is 7.52. The lowest BCUT2D eigenvalue weighted by molar-refractivity contribution is -0.0346. The van der Waals surface area contributed by atoms with E-state index in [0.29, 0.717) is 0 Å². The summed E-state index contributed by atoms with van der Waals surface area (Å²) in [6, 6.07) is 8.37. The van der Waals surface area contributed by atoms with E-state index in [1.54, 1.807) is 6.26 Å². The van der Waals surface area contributed by atoms with Gasteiger partial charge in [-0.15, -0.1) is 0 Å². The predicted octanol–water partition coefficient (Wildman–Crippen LogP) is 3.50. The number of hydrogen-bond acceptors (Lipinski definition) is 3. The highest BCUT2D eigenvalue weighted by Crippen LogP contribution is 2.39. The van der Waals surface area contributed by atoms with Crippen molar-refractivity contribution in [3.05, 3.63) is 71.2 Å². The maximum Gasteiger partial charge on any atom is 0.154 e. The van der Waals surface area contributed by atoms with Gasteiger partial charge >= 0.3 is 0 Å². The molecule has 4 rings (SSSR count). The van der Waals surface area contributed by atoms with Gasteiger partial charge in [0, 0.05) is 17.3 Å². The van der Waals surface area contributed by atoms with E-state index >= 15 is 0 Å². The fraction of sp³-hybridized carbons (Fsp3) is 0.333. The highest BCUT2D eigenvalue weighted by atomic mass is 16.5. The third-order valence-corrected chi connectivity index (χ3v) is 4.48. The fourth-order valence-electron chi connectivity index (χ4n) is 3.34. The summed E-state index contributed by atoms with van der Waals surface area (Å²) < 4.78 is 12.0. The Hall–Kier alpha value is -2.00. The van der Waals surface area contributed by atoms with E-state index < -0.39 is 0 Å². The molecule has 1 saturated carbocycles. The molecule has 0 bridgehead atoms. The van der Waals surface area contributed by atoms with Gasteiger partial charge in [0.1, 0.15) is 6.10 Å². The Morgan fingerprint density at radius 1 is 1.10 bits per heavy atom. The molecule has 0 amide bonds. The van der Waals surface area contributed by atoms with Crippen LogP contribution in [0.3, 0.4) is 0 Å². The fourth-order valence-corrected chi connectivity index (χ4v) is 3.34. The van der Waals surface area contributed by atoms with Crippen LogP contribution in [0.2, 0.25) is 0 Å². The molecule has 1 fully saturated rings. The summed E-state index contributed by atoms with van der Waals surface area (Å²) >= 11 is 0. The number of ether oxygens (including phenoxy) is 2. The van der Waals surface area contributed by atoms with E-state index in [0.717, 1.165) is 12.8 Å². The van der Waals surface area contributed by atoms with Crippen molar-refractivity contribution in [3.63, 3.8) is 0 Å². The van der Waals surface area contributed by atoms with Gasteiger partial charge in [0.25, 0.3) is 0 Å². The minimum Gasteiger partial charge on any atom is -0.493 e. The average molecular weight is 281 g/mol. The molecule has 1 aromatic carbocycles. The maximum absolute atomic E-state index is 6.31. The Labute approximate surface area is 125 Å². The van der Waals surface area contributed by atoms with Crippen molar-refractivity contribution >= 4 is 0 Å². The third-order valence-electron chi connectivity index (χ3n) is 4.48. The molecular weight excluding hydrogens is 262 g/mol. The molecule has 0 saturated heterocycles. The average Bonchev–Trinajstić information content (AvgIpc) is 2.54. The number of aryl methyl sites for hydroxylation is 1. The Morgan fingerprint density at radius 3 is 2.86 bits per heavy atom. The van der Waals surface area contributed by atoms with Gasteiger partial charge in [0.15, 0.2) is 6.23 Å². The molecule has 3 atom stereocenters. The van der Waals surface area contributed by atoms with Crippen LogP contribution < -0.4 is 5.32 Å². The number of nitrogens with one attached hydrogen (secondary N) is 1. The summed E-state index contributed by atoms with van der Waals surface area (Å²) in [6.07, 6.45) is 10.3. The number of hydrogen-bond donors (Lipinski definition) is 1. The van der Waals surface area contributed by atoms with E-state index in [1.807, 2.05) is 6.08 Å². The normalized spacial score (nSPS) is 30.2. The van der Waals surface area contributed by atoms with Crippen LogP contribution in [0.25, 0.3) is 0 Å². The van der Waals surface area contributed by atoms with Crippen molar-refractivity contribution in [2.75, 3.05) is 0 Å². The predicted molar refractivity (Wildman–Crippen MR) is 81.3 cm³/mol. The van der Waals surface area contributed by atoms with E-state index in [9.17, 15) is 0 Å². The third kappa shape index (κ3) is 2.18. The Morgan fingerprint density at radius 2 is 1.95 bits per heavy atom. The van der Waals surface area contributed by atoms with Gasteiger partial charge < -0.3 is 14.8 Å². The summed E-state index contributed by atoms with van der Waals surface area (Å²) in [5, 5.41) is 3.40. The molecule has 3 nitrogen and oxygen atoms in total. The van der Waals surface area contributed by atoms with Gasteiger partial charge in [-0.2, -0.15) is 0 Å². The van der Waals surface area contributed by atoms with E-state index in [4.69, 9.17) is 9.47 Å². The molecule has 3 unspecified atom stereocenters. The van der Waals surface area contributed by atoms with Gasteiger partial charge in [-0.05, 0) is 37.0 Å². The smallest absolute Gasteiger partial charge is 0.154 e. The first-order chi connectivity index (χ1) is 10.3. The standard InChI is InChI=1S/C18H19NO2/c1-12-5-2-3-6-13(12)18-19-11-15-14-7-4-10-20-16(14)8-9-17(15)21-18/h2-7,10-11,16-19H,8-9H2,1H3. The van der Waals surface area contributed by atoms with Crippen molar-refractivity contribution in [2.45, 2.75) is 38.2 Å². The number of rotatable bonds is 1. The Kier molecular flexibility index (Phi) is 3.08. The summed E-state index contributed by atoms with van der Waals surface area (Å²) in [5.74, 6) is 0. The zero-order chi connectivity index (χ0) is 14.2. The molecular formula is C18H19NO2. The molecule has 3 heteroatoms. The van der Waals surface area contributed by atoms with Crippen LogP contribution >= 0.6 is 0 Å². The molecule has 2 aliphatic heterocycles. The molecule has 1 aromatic rings. The number of allylic oxidation sites excluding steroid dienone is 2. The van der Waals surface area contributed by atoms with Crippen molar-refractivity contribution in [3.8, 4) is 0 Å². The number of benzene rings is 1. The summed E-state index contributed by atoms with van der Waals surface area (Å²) in [7, 11) is 0. The van der Waals surface area contributed by atoms with Gasteiger partial charge in [0.05, 0.1) is 12.4 Å². The summed E-state index contributed by atoms with van der Waals surface area (Å²) in [4.78, 5) is 0. The minimum absolute atomic E-state index is 0.0582. The van der Waals surface area contributed by atoms with Gasteiger partial charge in [-0.25, -0.2) is 0 Å². The molecule has 0 spiro atoms. The lowest BCUT2D eigenvalue weighted by Gasteiger charge is -2.39.